The number of benzene rings is 2. The third-order valence-electron chi connectivity index (χ3n) is 4.54. The van der Waals surface area contributed by atoms with Crippen molar-refractivity contribution in [1.29, 1.82) is 0 Å². The minimum Gasteiger partial charge on any atom is -0.378 e. The summed E-state index contributed by atoms with van der Waals surface area (Å²) in [5.41, 5.74) is 2.27. The Kier molecular flexibility index (Phi) is 5.43. The third kappa shape index (κ3) is 4.70. The van der Waals surface area contributed by atoms with Gasteiger partial charge in [0.1, 0.15) is 5.82 Å². The van der Waals surface area contributed by atoms with E-state index in [0.29, 0.717) is 24.8 Å². The van der Waals surface area contributed by atoms with Crippen molar-refractivity contribution in [3.8, 4) is 11.3 Å². The summed E-state index contributed by atoms with van der Waals surface area (Å²) in [5.74, 6) is 1.16. The van der Waals surface area contributed by atoms with Crippen molar-refractivity contribution in [3.05, 3.63) is 60.7 Å². The summed E-state index contributed by atoms with van der Waals surface area (Å²) in [6.07, 6.45) is 0. The number of hydrogen-bond donors (Lipinski definition) is 2. The van der Waals surface area contributed by atoms with Gasteiger partial charge in [0.15, 0.2) is 0 Å². The highest BCUT2D eigenvalue weighted by molar-refractivity contribution is 7.89. The van der Waals surface area contributed by atoms with Gasteiger partial charge in [0.2, 0.25) is 16.0 Å². The number of anilines is 3. The van der Waals surface area contributed by atoms with Gasteiger partial charge in [-0.25, -0.2) is 18.5 Å². The Morgan fingerprint density at radius 1 is 0.966 bits per heavy atom. The Bertz CT molecular complexity index is 1100. The van der Waals surface area contributed by atoms with E-state index >= 15 is 0 Å². The summed E-state index contributed by atoms with van der Waals surface area (Å²) in [6, 6.07) is 18.0. The number of nitrogens with zero attached hydrogens (tertiary/aromatic N) is 3. The van der Waals surface area contributed by atoms with Crippen LogP contribution >= 0.6 is 0 Å². The first-order chi connectivity index (χ1) is 14.0. The first kappa shape index (κ1) is 19.3. The molecule has 0 radical (unpaired) electrons. The van der Waals surface area contributed by atoms with Crippen LogP contribution in [-0.2, 0) is 14.8 Å². The number of aromatic nitrogens is 2. The van der Waals surface area contributed by atoms with Gasteiger partial charge in [0.25, 0.3) is 0 Å². The molecule has 0 aliphatic carbocycles. The van der Waals surface area contributed by atoms with E-state index in [1.54, 1.807) is 12.1 Å². The predicted molar refractivity (Wildman–Crippen MR) is 112 cm³/mol. The molecule has 0 saturated carbocycles. The molecule has 1 aliphatic heterocycles. The Labute approximate surface area is 169 Å². The standard InChI is InChI=1S/C20H21N5O3S/c21-29(26,27)17-8-4-7-16(13-17)22-20-23-18(15-5-2-1-3-6-15)14-19(24-20)25-9-11-28-12-10-25/h1-8,13-14H,9-12H2,(H2,21,26,27)(H,22,23,24). The van der Waals surface area contributed by atoms with Crippen LogP contribution in [0.3, 0.4) is 0 Å². The Balaban J connectivity index is 1.72. The number of ether oxygens (including phenoxy) is 1. The molecular weight excluding hydrogens is 390 g/mol. The van der Waals surface area contributed by atoms with Gasteiger partial charge in [-0.2, -0.15) is 4.98 Å². The molecule has 1 saturated heterocycles. The van der Waals surface area contributed by atoms with Crippen LogP contribution in [0.25, 0.3) is 11.3 Å². The fourth-order valence-electron chi connectivity index (χ4n) is 3.08. The highest BCUT2D eigenvalue weighted by Crippen LogP contribution is 2.26. The molecule has 1 fully saturated rings. The Hall–Kier alpha value is -3.01. The van der Waals surface area contributed by atoms with Gasteiger partial charge in [-0.3, -0.25) is 0 Å². The lowest BCUT2D eigenvalue weighted by molar-refractivity contribution is 0.122. The molecule has 3 N–H and O–H groups in total. The second-order valence-electron chi connectivity index (χ2n) is 6.60. The van der Waals surface area contributed by atoms with Gasteiger partial charge < -0.3 is 15.0 Å². The monoisotopic (exact) mass is 411 g/mol. The zero-order valence-corrected chi connectivity index (χ0v) is 16.5. The highest BCUT2D eigenvalue weighted by Gasteiger charge is 2.16. The van der Waals surface area contributed by atoms with E-state index in [9.17, 15) is 8.42 Å². The number of rotatable bonds is 5. The van der Waals surface area contributed by atoms with Crippen LogP contribution in [0, 0.1) is 0 Å². The van der Waals surface area contributed by atoms with Gasteiger partial charge >= 0.3 is 0 Å². The van der Waals surface area contributed by atoms with Crippen LogP contribution in [0.4, 0.5) is 17.5 Å². The topological polar surface area (TPSA) is 110 Å². The summed E-state index contributed by atoms with van der Waals surface area (Å²) < 4.78 is 28.7. The normalized spacial score (nSPS) is 14.6. The number of nitrogens with two attached hydrogens (primary N) is 1. The lowest BCUT2D eigenvalue weighted by Gasteiger charge is -2.28. The molecule has 0 spiro atoms. The second-order valence-corrected chi connectivity index (χ2v) is 8.16. The van der Waals surface area contributed by atoms with E-state index in [-0.39, 0.29) is 4.90 Å². The molecule has 4 rings (SSSR count). The van der Waals surface area contributed by atoms with Crippen LogP contribution < -0.4 is 15.4 Å². The highest BCUT2D eigenvalue weighted by atomic mass is 32.2. The van der Waals surface area contributed by atoms with Crippen molar-refractivity contribution in [2.45, 2.75) is 4.90 Å². The molecule has 0 bridgehead atoms. The minimum absolute atomic E-state index is 0.0233. The maximum absolute atomic E-state index is 11.6. The summed E-state index contributed by atoms with van der Waals surface area (Å²) in [7, 11) is -3.80. The van der Waals surface area contributed by atoms with Crippen LogP contribution in [0.5, 0.6) is 0 Å². The van der Waals surface area contributed by atoms with Crippen LogP contribution in [-0.4, -0.2) is 44.7 Å². The van der Waals surface area contributed by atoms with E-state index in [2.05, 4.69) is 20.2 Å². The molecule has 0 amide bonds. The average Bonchev–Trinajstić information content (AvgIpc) is 2.74. The first-order valence-electron chi connectivity index (χ1n) is 9.16. The fourth-order valence-corrected chi connectivity index (χ4v) is 3.64. The lowest BCUT2D eigenvalue weighted by Crippen LogP contribution is -2.36. The van der Waals surface area contributed by atoms with Gasteiger partial charge in [-0.1, -0.05) is 36.4 Å². The quantitative estimate of drug-likeness (QED) is 0.663. The molecule has 8 nitrogen and oxygen atoms in total. The van der Waals surface area contributed by atoms with Gasteiger partial charge in [0.05, 0.1) is 23.8 Å². The molecule has 1 aromatic heterocycles. The van der Waals surface area contributed by atoms with Crippen molar-refractivity contribution in [2.24, 2.45) is 5.14 Å². The number of hydrogen-bond acceptors (Lipinski definition) is 7. The Morgan fingerprint density at radius 3 is 2.45 bits per heavy atom. The lowest BCUT2D eigenvalue weighted by atomic mass is 10.1. The van der Waals surface area contributed by atoms with E-state index in [1.807, 2.05) is 36.4 Å². The van der Waals surface area contributed by atoms with Crippen molar-refractivity contribution in [1.82, 2.24) is 9.97 Å². The van der Waals surface area contributed by atoms with Gasteiger partial charge in [-0.15, -0.1) is 0 Å². The van der Waals surface area contributed by atoms with Crippen LogP contribution in [0.15, 0.2) is 65.6 Å². The zero-order valence-electron chi connectivity index (χ0n) is 15.7. The first-order valence-corrected chi connectivity index (χ1v) is 10.7. The number of primary sulfonamides is 1. The molecule has 150 valence electrons. The molecule has 9 heteroatoms. The maximum atomic E-state index is 11.6. The van der Waals surface area contributed by atoms with Gasteiger partial charge in [0, 0.05) is 30.4 Å². The second kappa shape index (κ2) is 8.16. The van der Waals surface area contributed by atoms with E-state index in [4.69, 9.17) is 9.88 Å². The van der Waals surface area contributed by atoms with Crippen LogP contribution in [0.2, 0.25) is 0 Å². The molecule has 2 heterocycles. The number of sulfonamides is 1. The SMILES string of the molecule is NS(=O)(=O)c1cccc(Nc2nc(-c3ccccc3)cc(N3CCOCC3)n2)c1. The molecule has 29 heavy (non-hydrogen) atoms. The van der Waals surface area contributed by atoms with Crippen LogP contribution in [0.1, 0.15) is 0 Å². The third-order valence-corrected chi connectivity index (χ3v) is 5.45. The number of morpholine rings is 1. The smallest absolute Gasteiger partial charge is 0.238 e. The summed E-state index contributed by atoms with van der Waals surface area (Å²) in [4.78, 5) is 11.4. The fraction of sp³-hybridized carbons (Fsp3) is 0.200. The molecule has 1 aliphatic rings. The van der Waals surface area contributed by atoms with Crippen molar-refractivity contribution < 1.29 is 13.2 Å². The number of nitrogens with one attached hydrogen (secondary N) is 1. The van der Waals surface area contributed by atoms with Crippen molar-refractivity contribution in [2.75, 3.05) is 36.5 Å². The zero-order chi connectivity index (χ0) is 20.3. The molecule has 3 aromatic rings. The molecule has 0 unspecified atom stereocenters. The molecule has 0 atom stereocenters. The molecule has 2 aromatic carbocycles. The van der Waals surface area contributed by atoms with E-state index < -0.39 is 10.0 Å². The van der Waals surface area contributed by atoms with E-state index in [1.165, 1.54) is 12.1 Å². The van der Waals surface area contributed by atoms with Gasteiger partial charge in [-0.05, 0) is 18.2 Å². The summed E-state index contributed by atoms with van der Waals surface area (Å²) >= 11 is 0. The molecular formula is C20H21N5O3S. The minimum atomic E-state index is -3.80. The Morgan fingerprint density at radius 2 is 1.72 bits per heavy atom. The van der Waals surface area contributed by atoms with Crippen molar-refractivity contribution >= 4 is 27.5 Å². The predicted octanol–water partition coefficient (Wildman–Crippen LogP) is 2.37. The average molecular weight is 411 g/mol. The summed E-state index contributed by atoms with van der Waals surface area (Å²) in [5, 5.41) is 8.34. The largest absolute Gasteiger partial charge is 0.378 e. The van der Waals surface area contributed by atoms with Crippen molar-refractivity contribution in [3.63, 3.8) is 0 Å². The maximum Gasteiger partial charge on any atom is 0.238 e. The summed E-state index contributed by atoms with van der Waals surface area (Å²) in [6.45, 7) is 2.77. The van der Waals surface area contributed by atoms with E-state index in [0.717, 1.165) is 30.2 Å².